The van der Waals surface area contributed by atoms with Gasteiger partial charge in [0.1, 0.15) is 0 Å². The fraction of sp³-hybridized carbons (Fsp3) is 0.586. The lowest BCUT2D eigenvalue weighted by atomic mass is 10.0. The molecule has 0 aliphatic carbocycles. The second kappa shape index (κ2) is 16.0. The molecule has 1 nitrogen and oxygen atoms in total. The van der Waals surface area contributed by atoms with Crippen molar-refractivity contribution in [2.45, 2.75) is 106 Å². The highest BCUT2D eigenvalue weighted by Gasteiger charge is 1.97. The summed E-state index contributed by atoms with van der Waals surface area (Å²) in [5, 5.41) is 0. The van der Waals surface area contributed by atoms with Gasteiger partial charge in [0, 0.05) is 0 Å². The lowest BCUT2D eigenvalue weighted by Gasteiger charge is -2.05. The second-order valence-corrected chi connectivity index (χ2v) is 9.42. The van der Waals surface area contributed by atoms with Crippen LogP contribution in [0.3, 0.4) is 0 Å². The molecule has 1 heterocycles. The smallest absolute Gasteiger partial charge is 0.0934 e. The molecule has 30 heavy (non-hydrogen) atoms. The van der Waals surface area contributed by atoms with Gasteiger partial charge in [-0.3, -0.25) is 0 Å². The Morgan fingerprint density at radius 1 is 0.733 bits per heavy atom. The lowest BCUT2D eigenvalue weighted by molar-refractivity contribution is 0.564. The molecule has 1 heteroatoms. The first-order chi connectivity index (χ1) is 14.4. The summed E-state index contributed by atoms with van der Waals surface area (Å²) in [6.07, 6.45) is 25.1. The second-order valence-electron chi connectivity index (χ2n) is 9.42. The quantitative estimate of drug-likeness (QED) is 0.262. The maximum atomic E-state index is 5.12. The van der Waals surface area contributed by atoms with Crippen LogP contribution in [0.25, 0.3) is 0 Å². The van der Waals surface area contributed by atoms with E-state index in [2.05, 4.69) is 71.9 Å². The van der Waals surface area contributed by atoms with E-state index in [9.17, 15) is 0 Å². The third kappa shape index (κ3) is 14.3. The van der Waals surface area contributed by atoms with Gasteiger partial charge in [-0.1, -0.05) is 60.4 Å². The Kier molecular flexibility index (Phi) is 14.0. The van der Waals surface area contributed by atoms with Crippen LogP contribution in [0.1, 0.15) is 105 Å². The van der Waals surface area contributed by atoms with Gasteiger partial charge in [-0.05, 0) is 109 Å². The van der Waals surface area contributed by atoms with Gasteiger partial charge in [0.05, 0.1) is 12.5 Å². The van der Waals surface area contributed by atoms with Gasteiger partial charge in [0.15, 0.2) is 0 Å². The third-order valence-corrected chi connectivity index (χ3v) is 5.72. The van der Waals surface area contributed by atoms with Crippen molar-refractivity contribution in [3.05, 3.63) is 70.8 Å². The van der Waals surface area contributed by atoms with Crippen molar-refractivity contribution in [1.82, 2.24) is 0 Å². The van der Waals surface area contributed by atoms with Crippen LogP contribution in [0.15, 0.2) is 69.6 Å². The number of hydrogen-bond donors (Lipinski definition) is 0. The predicted octanol–water partition coefficient (Wildman–Crippen LogP) is 9.77. The summed E-state index contributed by atoms with van der Waals surface area (Å²) in [6, 6.07) is 2.05. The normalized spacial score (nSPS) is 14.1. The summed E-state index contributed by atoms with van der Waals surface area (Å²) >= 11 is 0. The zero-order chi connectivity index (χ0) is 22.2. The average molecular weight is 411 g/mol. The monoisotopic (exact) mass is 410 g/mol. The predicted molar refractivity (Wildman–Crippen MR) is 134 cm³/mol. The molecule has 0 radical (unpaired) electrons. The molecule has 0 fully saturated rings. The Morgan fingerprint density at radius 3 is 1.63 bits per heavy atom. The van der Waals surface area contributed by atoms with E-state index in [4.69, 9.17) is 4.42 Å². The maximum Gasteiger partial charge on any atom is 0.0934 e. The van der Waals surface area contributed by atoms with E-state index < -0.39 is 0 Å². The molecule has 0 saturated heterocycles. The first-order valence-electron chi connectivity index (χ1n) is 12.0. The van der Waals surface area contributed by atoms with Crippen LogP contribution >= 0.6 is 0 Å². The first kappa shape index (κ1) is 26.3. The van der Waals surface area contributed by atoms with Crippen molar-refractivity contribution >= 4 is 0 Å². The zero-order valence-electron chi connectivity index (χ0n) is 20.6. The van der Waals surface area contributed by atoms with E-state index >= 15 is 0 Å². The Bertz CT molecular complexity index is 680. The summed E-state index contributed by atoms with van der Waals surface area (Å²) < 4.78 is 5.12. The topological polar surface area (TPSA) is 13.1 Å². The third-order valence-electron chi connectivity index (χ3n) is 5.72. The molecule has 0 aromatic carbocycles. The highest BCUT2D eigenvalue weighted by molar-refractivity contribution is 5.09. The summed E-state index contributed by atoms with van der Waals surface area (Å²) in [6.45, 7) is 13.7. The molecule has 0 unspecified atom stereocenters. The van der Waals surface area contributed by atoms with Gasteiger partial charge >= 0.3 is 0 Å². The van der Waals surface area contributed by atoms with Crippen LogP contribution in [-0.2, 0) is 6.42 Å². The van der Waals surface area contributed by atoms with Crippen molar-refractivity contribution in [1.29, 1.82) is 0 Å². The molecule has 0 N–H and O–H groups in total. The van der Waals surface area contributed by atoms with Crippen molar-refractivity contribution in [2.24, 2.45) is 5.92 Å². The molecule has 0 amide bonds. The van der Waals surface area contributed by atoms with Gasteiger partial charge in [0.25, 0.3) is 0 Å². The molecular formula is C29H46O. The van der Waals surface area contributed by atoms with Crippen molar-refractivity contribution < 1.29 is 4.42 Å². The van der Waals surface area contributed by atoms with E-state index in [1.165, 1.54) is 67.2 Å². The number of furan rings is 1. The summed E-state index contributed by atoms with van der Waals surface area (Å²) in [4.78, 5) is 0. The standard InChI is InChI=1S/C29H46O/c1-24(2)19-20-28(6)16-9-15-26(4)12-7-11-25(3)13-8-14-27(5)17-10-18-29-21-22-30-23-29/h12-13,16-17,21-24H,7-11,14-15,18-20H2,1-6H3. The van der Waals surface area contributed by atoms with Gasteiger partial charge in [-0.2, -0.15) is 0 Å². The number of aryl methyl sites for hydroxylation is 1. The van der Waals surface area contributed by atoms with Gasteiger partial charge in [-0.25, -0.2) is 0 Å². The van der Waals surface area contributed by atoms with Gasteiger partial charge in [-0.15, -0.1) is 0 Å². The van der Waals surface area contributed by atoms with Crippen LogP contribution in [0.5, 0.6) is 0 Å². The van der Waals surface area contributed by atoms with Crippen molar-refractivity contribution in [3.8, 4) is 0 Å². The molecule has 0 saturated carbocycles. The molecular weight excluding hydrogens is 364 g/mol. The first-order valence-corrected chi connectivity index (χ1v) is 12.0. The Balaban J connectivity index is 2.18. The Hall–Kier alpha value is -1.76. The molecule has 0 atom stereocenters. The van der Waals surface area contributed by atoms with Crippen LogP contribution in [0.4, 0.5) is 0 Å². The lowest BCUT2D eigenvalue weighted by Crippen LogP contribution is -1.88. The summed E-state index contributed by atoms with van der Waals surface area (Å²) in [5.41, 5.74) is 7.40. The maximum absolute atomic E-state index is 5.12. The Labute approximate surface area is 187 Å². The Morgan fingerprint density at radius 2 is 1.20 bits per heavy atom. The minimum Gasteiger partial charge on any atom is -0.472 e. The molecule has 0 spiro atoms. The van der Waals surface area contributed by atoms with E-state index in [0.29, 0.717) is 0 Å². The van der Waals surface area contributed by atoms with E-state index in [-0.39, 0.29) is 0 Å². The number of allylic oxidation sites excluding steroid dienone is 8. The highest BCUT2D eigenvalue weighted by Crippen LogP contribution is 2.16. The SMILES string of the molecule is CC(=CCCC(C)=CCCc1ccoc1)CCC=C(C)CCC=C(C)CCC(C)C. The molecule has 0 aliphatic heterocycles. The van der Waals surface area contributed by atoms with Gasteiger partial charge < -0.3 is 4.42 Å². The minimum atomic E-state index is 0.805. The van der Waals surface area contributed by atoms with E-state index in [1.807, 2.05) is 6.26 Å². The molecule has 1 rings (SSSR count). The van der Waals surface area contributed by atoms with Crippen molar-refractivity contribution in [3.63, 3.8) is 0 Å². The molecule has 1 aromatic rings. The van der Waals surface area contributed by atoms with Crippen molar-refractivity contribution in [2.75, 3.05) is 0 Å². The van der Waals surface area contributed by atoms with Crippen LogP contribution in [0.2, 0.25) is 0 Å². The fourth-order valence-corrected chi connectivity index (χ4v) is 3.48. The average Bonchev–Trinajstić information content (AvgIpc) is 3.20. The number of hydrogen-bond acceptors (Lipinski definition) is 1. The summed E-state index contributed by atoms with van der Waals surface area (Å²) in [7, 11) is 0. The fourth-order valence-electron chi connectivity index (χ4n) is 3.48. The minimum absolute atomic E-state index is 0.805. The van der Waals surface area contributed by atoms with Crippen LogP contribution in [-0.4, -0.2) is 0 Å². The molecule has 0 aliphatic rings. The molecule has 168 valence electrons. The number of rotatable bonds is 15. The van der Waals surface area contributed by atoms with Crippen LogP contribution < -0.4 is 0 Å². The molecule has 0 bridgehead atoms. The summed E-state index contributed by atoms with van der Waals surface area (Å²) in [5.74, 6) is 0.805. The zero-order valence-corrected chi connectivity index (χ0v) is 20.6. The highest BCUT2D eigenvalue weighted by atomic mass is 16.3. The molecule has 1 aromatic heterocycles. The van der Waals surface area contributed by atoms with Crippen LogP contribution in [0, 0.1) is 5.92 Å². The largest absolute Gasteiger partial charge is 0.472 e. The van der Waals surface area contributed by atoms with E-state index in [1.54, 1.807) is 11.8 Å². The van der Waals surface area contributed by atoms with Gasteiger partial charge in [0.2, 0.25) is 0 Å². The van der Waals surface area contributed by atoms with E-state index in [0.717, 1.165) is 25.2 Å².